The molecule has 1 N–H and O–H groups in total. The molecule has 1 fully saturated rings. The summed E-state index contributed by atoms with van der Waals surface area (Å²) in [6, 6.07) is 20.3. The summed E-state index contributed by atoms with van der Waals surface area (Å²) in [6.45, 7) is 3.59. The summed E-state index contributed by atoms with van der Waals surface area (Å²) < 4.78 is 5.31. The standard InChI is InChI=1S/C23H25N3O2/c27-23(21-16-25-28-22(21)19-10-5-2-6-11-19)24-13-15-26-14-7-12-20(17-26)18-8-3-1-4-9-18/h1-6,8-11,16,20H,7,12-15,17H2,(H,24,27)/t20-/m0/s1. The summed E-state index contributed by atoms with van der Waals surface area (Å²) in [5.74, 6) is 0.949. The molecule has 1 aromatic heterocycles. The van der Waals surface area contributed by atoms with Crippen LogP contribution in [0.3, 0.4) is 0 Å². The summed E-state index contributed by atoms with van der Waals surface area (Å²) in [6.07, 6.45) is 3.91. The minimum absolute atomic E-state index is 0.142. The van der Waals surface area contributed by atoms with Crippen molar-refractivity contribution in [3.8, 4) is 11.3 Å². The number of carbonyl (C=O) groups is 1. The number of piperidine rings is 1. The SMILES string of the molecule is O=C(NCCN1CCC[C@H](c2ccccc2)C1)c1cnoc1-c1ccccc1. The van der Waals surface area contributed by atoms with E-state index in [1.54, 1.807) is 0 Å². The number of nitrogens with one attached hydrogen (secondary N) is 1. The molecule has 3 aromatic rings. The zero-order chi connectivity index (χ0) is 19.2. The number of aromatic nitrogens is 1. The molecule has 1 amide bonds. The van der Waals surface area contributed by atoms with Crippen molar-refractivity contribution >= 4 is 5.91 Å². The first-order valence-corrected chi connectivity index (χ1v) is 9.87. The van der Waals surface area contributed by atoms with Gasteiger partial charge in [0.1, 0.15) is 5.56 Å². The molecule has 5 heteroatoms. The molecule has 2 aromatic carbocycles. The van der Waals surface area contributed by atoms with Crippen molar-refractivity contribution in [1.29, 1.82) is 0 Å². The molecule has 1 saturated heterocycles. The molecule has 0 unspecified atom stereocenters. The van der Waals surface area contributed by atoms with Gasteiger partial charge in [0.15, 0.2) is 5.76 Å². The molecule has 0 aliphatic carbocycles. The minimum Gasteiger partial charge on any atom is -0.355 e. The van der Waals surface area contributed by atoms with Crippen LogP contribution >= 0.6 is 0 Å². The maximum Gasteiger partial charge on any atom is 0.256 e. The van der Waals surface area contributed by atoms with Crippen molar-refractivity contribution in [2.24, 2.45) is 0 Å². The van der Waals surface area contributed by atoms with Crippen LogP contribution in [0.15, 0.2) is 71.4 Å². The van der Waals surface area contributed by atoms with Crippen LogP contribution in [-0.4, -0.2) is 42.1 Å². The zero-order valence-corrected chi connectivity index (χ0v) is 15.9. The molecule has 2 heterocycles. The monoisotopic (exact) mass is 375 g/mol. The second-order valence-electron chi connectivity index (χ2n) is 7.24. The van der Waals surface area contributed by atoms with Gasteiger partial charge < -0.3 is 14.7 Å². The molecule has 4 rings (SSSR count). The van der Waals surface area contributed by atoms with Gasteiger partial charge >= 0.3 is 0 Å². The summed E-state index contributed by atoms with van der Waals surface area (Å²) in [5, 5.41) is 6.83. The van der Waals surface area contributed by atoms with Crippen molar-refractivity contribution in [2.45, 2.75) is 18.8 Å². The Labute approximate surface area is 165 Å². The highest BCUT2D eigenvalue weighted by molar-refractivity contribution is 5.99. The van der Waals surface area contributed by atoms with E-state index < -0.39 is 0 Å². The van der Waals surface area contributed by atoms with E-state index in [1.807, 2.05) is 30.3 Å². The van der Waals surface area contributed by atoms with E-state index in [1.165, 1.54) is 24.6 Å². The molecular formula is C23H25N3O2. The van der Waals surface area contributed by atoms with Crippen LogP contribution in [0, 0.1) is 0 Å². The maximum atomic E-state index is 12.6. The Balaban J connectivity index is 1.31. The molecule has 0 spiro atoms. The van der Waals surface area contributed by atoms with Crippen molar-refractivity contribution < 1.29 is 9.32 Å². The van der Waals surface area contributed by atoms with E-state index >= 15 is 0 Å². The maximum absolute atomic E-state index is 12.6. The van der Waals surface area contributed by atoms with Crippen LogP contribution in [-0.2, 0) is 0 Å². The van der Waals surface area contributed by atoms with E-state index in [0.29, 0.717) is 23.8 Å². The zero-order valence-electron chi connectivity index (χ0n) is 15.9. The molecule has 1 aliphatic heterocycles. The Morgan fingerprint density at radius 2 is 1.86 bits per heavy atom. The lowest BCUT2D eigenvalue weighted by molar-refractivity contribution is 0.0946. The van der Waals surface area contributed by atoms with E-state index in [2.05, 4.69) is 45.7 Å². The highest BCUT2D eigenvalue weighted by Gasteiger charge is 2.22. The lowest BCUT2D eigenvalue weighted by Gasteiger charge is -2.33. The fourth-order valence-corrected chi connectivity index (χ4v) is 3.88. The van der Waals surface area contributed by atoms with Gasteiger partial charge in [0.25, 0.3) is 5.91 Å². The normalized spacial score (nSPS) is 17.4. The highest BCUT2D eigenvalue weighted by Crippen LogP contribution is 2.26. The van der Waals surface area contributed by atoms with Gasteiger partial charge in [0.2, 0.25) is 0 Å². The highest BCUT2D eigenvalue weighted by atomic mass is 16.5. The average Bonchev–Trinajstić information content (AvgIpc) is 3.25. The van der Waals surface area contributed by atoms with Crippen LogP contribution in [0.5, 0.6) is 0 Å². The smallest absolute Gasteiger partial charge is 0.256 e. The third-order valence-corrected chi connectivity index (χ3v) is 5.34. The Morgan fingerprint density at radius 1 is 1.11 bits per heavy atom. The Kier molecular flexibility index (Phi) is 5.83. The van der Waals surface area contributed by atoms with Crippen LogP contribution in [0.2, 0.25) is 0 Å². The summed E-state index contributed by atoms with van der Waals surface area (Å²) in [7, 11) is 0. The second kappa shape index (κ2) is 8.85. The molecule has 1 atom stereocenters. The molecule has 0 bridgehead atoms. The van der Waals surface area contributed by atoms with E-state index in [9.17, 15) is 4.79 Å². The topological polar surface area (TPSA) is 58.4 Å². The molecule has 28 heavy (non-hydrogen) atoms. The van der Waals surface area contributed by atoms with Gasteiger partial charge in [0, 0.05) is 25.2 Å². The van der Waals surface area contributed by atoms with Gasteiger partial charge in [-0.1, -0.05) is 65.8 Å². The van der Waals surface area contributed by atoms with E-state index in [-0.39, 0.29) is 5.91 Å². The number of amides is 1. The average molecular weight is 375 g/mol. The van der Waals surface area contributed by atoms with E-state index in [0.717, 1.165) is 25.2 Å². The molecule has 144 valence electrons. The van der Waals surface area contributed by atoms with Crippen LogP contribution in [0.1, 0.15) is 34.7 Å². The first-order chi connectivity index (χ1) is 13.8. The van der Waals surface area contributed by atoms with Gasteiger partial charge in [-0.25, -0.2) is 0 Å². The summed E-state index contributed by atoms with van der Waals surface area (Å²) in [5.41, 5.74) is 2.74. The number of hydrogen-bond donors (Lipinski definition) is 1. The van der Waals surface area contributed by atoms with Gasteiger partial charge in [-0.15, -0.1) is 0 Å². The van der Waals surface area contributed by atoms with Gasteiger partial charge in [-0.2, -0.15) is 0 Å². The molecule has 5 nitrogen and oxygen atoms in total. The van der Waals surface area contributed by atoms with Crippen LogP contribution in [0.4, 0.5) is 0 Å². The predicted octanol–water partition coefficient (Wildman–Crippen LogP) is 3.95. The number of hydrogen-bond acceptors (Lipinski definition) is 4. The van der Waals surface area contributed by atoms with E-state index in [4.69, 9.17) is 4.52 Å². The van der Waals surface area contributed by atoms with Crippen molar-refractivity contribution in [3.63, 3.8) is 0 Å². The van der Waals surface area contributed by atoms with Crippen LogP contribution in [0.25, 0.3) is 11.3 Å². The quantitative estimate of drug-likeness (QED) is 0.709. The number of rotatable bonds is 6. The largest absolute Gasteiger partial charge is 0.355 e. The Bertz CT molecular complexity index is 892. The van der Waals surface area contributed by atoms with Gasteiger partial charge in [-0.3, -0.25) is 4.79 Å². The first-order valence-electron chi connectivity index (χ1n) is 9.87. The van der Waals surface area contributed by atoms with Gasteiger partial charge in [-0.05, 0) is 30.9 Å². The molecule has 0 saturated carbocycles. The fourth-order valence-electron chi connectivity index (χ4n) is 3.88. The van der Waals surface area contributed by atoms with Gasteiger partial charge in [0.05, 0.1) is 6.20 Å². The number of carbonyl (C=O) groups excluding carboxylic acids is 1. The first kappa shape index (κ1) is 18.4. The molecule has 1 aliphatic rings. The third-order valence-electron chi connectivity index (χ3n) is 5.34. The predicted molar refractivity (Wildman–Crippen MR) is 109 cm³/mol. The second-order valence-corrected chi connectivity index (χ2v) is 7.24. The van der Waals surface area contributed by atoms with Crippen molar-refractivity contribution in [3.05, 3.63) is 78.0 Å². The third kappa shape index (κ3) is 4.31. The van der Waals surface area contributed by atoms with Crippen molar-refractivity contribution in [1.82, 2.24) is 15.4 Å². The number of nitrogens with zero attached hydrogens (tertiary/aromatic N) is 2. The molecular weight excluding hydrogens is 350 g/mol. The van der Waals surface area contributed by atoms with Crippen LogP contribution < -0.4 is 5.32 Å². The Hall–Kier alpha value is -2.92. The summed E-state index contributed by atoms with van der Waals surface area (Å²) in [4.78, 5) is 15.0. The number of benzene rings is 2. The number of likely N-dealkylation sites (tertiary alicyclic amines) is 1. The minimum atomic E-state index is -0.142. The lowest BCUT2D eigenvalue weighted by Crippen LogP contribution is -2.40. The fraction of sp³-hybridized carbons (Fsp3) is 0.304. The Morgan fingerprint density at radius 3 is 2.64 bits per heavy atom. The summed E-state index contributed by atoms with van der Waals surface area (Å²) >= 11 is 0. The molecule has 0 radical (unpaired) electrons. The van der Waals surface area contributed by atoms with Crippen molar-refractivity contribution in [2.75, 3.05) is 26.2 Å². The lowest BCUT2D eigenvalue weighted by atomic mass is 9.91.